The van der Waals surface area contributed by atoms with Crippen LogP contribution in [0.25, 0.3) is 5.57 Å². The number of amides is 1. The van der Waals surface area contributed by atoms with Gasteiger partial charge in [-0.05, 0) is 31.0 Å². The number of rotatable bonds is 4. The molecule has 1 amide bonds. The second-order valence-corrected chi connectivity index (χ2v) is 5.25. The third-order valence-electron chi connectivity index (χ3n) is 3.91. The Bertz CT molecular complexity index is 576. The SMILES string of the molecule is CCC1(CC)NC(=O)C(c2ccc(Cl)cc2OC)=C1O. The first-order chi connectivity index (χ1) is 9.49. The van der Waals surface area contributed by atoms with Crippen LogP contribution in [0.15, 0.2) is 24.0 Å². The van der Waals surface area contributed by atoms with E-state index < -0.39 is 5.54 Å². The molecule has 0 aromatic heterocycles. The number of hydrogen-bond acceptors (Lipinski definition) is 3. The molecule has 20 heavy (non-hydrogen) atoms. The molecule has 4 nitrogen and oxygen atoms in total. The molecule has 5 heteroatoms. The zero-order valence-corrected chi connectivity index (χ0v) is 12.5. The lowest BCUT2D eigenvalue weighted by atomic mass is 9.90. The third-order valence-corrected chi connectivity index (χ3v) is 4.15. The maximum atomic E-state index is 12.3. The fourth-order valence-electron chi connectivity index (χ4n) is 2.57. The summed E-state index contributed by atoms with van der Waals surface area (Å²) in [6.45, 7) is 3.87. The summed E-state index contributed by atoms with van der Waals surface area (Å²) in [4.78, 5) is 12.3. The molecule has 0 atom stereocenters. The van der Waals surface area contributed by atoms with E-state index in [9.17, 15) is 9.90 Å². The topological polar surface area (TPSA) is 58.6 Å². The highest BCUT2D eigenvalue weighted by molar-refractivity contribution is 6.31. The van der Waals surface area contributed by atoms with Crippen LogP contribution in [0.3, 0.4) is 0 Å². The minimum atomic E-state index is -0.683. The second-order valence-electron chi connectivity index (χ2n) is 4.81. The maximum absolute atomic E-state index is 12.3. The molecule has 1 aromatic carbocycles. The largest absolute Gasteiger partial charge is 0.509 e. The van der Waals surface area contributed by atoms with Crippen molar-refractivity contribution in [2.75, 3.05) is 7.11 Å². The summed E-state index contributed by atoms with van der Waals surface area (Å²) in [6, 6.07) is 4.99. The van der Waals surface area contributed by atoms with E-state index in [1.807, 2.05) is 13.8 Å². The Labute approximate surface area is 123 Å². The standard InChI is InChI=1S/C15H18ClNO3/c1-4-15(5-2)13(18)12(14(19)17-15)10-7-6-9(16)8-11(10)20-3/h6-8,18H,4-5H2,1-3H3,(H,17,19). The van der Waals surface area contributed by atoms with E-state index >= 15 is 0 Å². The number of nitrogens with one attached hydrogen (secondary N) is 1. The van der Waals surface area contributed by atoms with Crippen LogP contribution in [0.5, 0.6) is 5.75 Å². The minimum Gasteiger partial charge on any atom is -0.509 e. The summed E-state index contributed by atoms with van der Waals surface area (Å²) in [5, 5.41) is 13.9. The molecule has 0 fully saturated rings. The molecule has 0 spiro atoms. The molecule has 2 N–H and O–H groups in total. The van der Waals surface area contributed by atoms with Crippen molar-refractivity contribution in [1.29, 1.82) is 0 Å². The molecule has 0 unspecified atom stereocenters. The lowest BCUT2D eigenvalue weighted by Crippen LogP contribution is -2.43. The van der Waals surface area contributed by atoms with Crippen LogP contribution in [0.2, 0.25) is 5.02 Å². The van der Waals surface area contributed by atoms with Crippen molar-refractivity contribution in [3.63, 3.8) is 0 Å². The molecule has 0 radical (unpaired) electrons. The fourth-order valence-corrected chi connectivity index (χ4v) is 2.73. The molecular weight excluding hydrogens is 278 g/mol. The molecule has 0 bridgehead atoms. The molecule has 2 rings (SSSR count). The van der Waals surface area contributed by atoms with Crippen LogP contribution in [0, 0.1) is 0 Å². The monoisotopic (exact) mass is 295 g/mol. The van der Waals surface area contributed by atoms with E-state index in [0.717, 1.165) is 0 Å². The zero-order valence-electron chi connectivity index (χ0n) is 11.8. The molecular formula is C15H18ClNO3. The first-order valence-corrected chi connectivity index (χ1v) is 6.97. The normalized spacial score (nSPS) is 17.3. The van der Waals surface area contributed by atoms with E-state index in [4.69, 9.17) is 16.3 Å². The van der Waals surface area contributed by atoms with Gasteiger partial charge in [0, 0.05) is 10.6 Å². The van der Waals surface area contributed by atoms with Crippen LogP contribution in [0.4, 0.5) is 0 Å². The average Bonchev–Trinajstić information content (AvgIpc) is 2.70. The molecule has 0 saturated carbocycles. The molecule has 1 aliphatic rings. The lowest BCUT2D eigenvalue weighted by Gasteiger charge is -2.26. The average molecular weight is 296 g/mol. The molecule has 1 heterocycles. The number of carbonyl (C=O) groups excluding carboxylic acids is 1. The number of ether oxygens (including phenoxy) is 1. The highest BCUT2D eigenvalue weighted by Crippen LogP contribution is 2.39. The highest BCUT2D eigenvalue weighted by Gasteiger charge is 2.44. The number of methoxy groups -OCH3 is 1. The molecule has 0 saturated heterocycles. The van der Waals surface area contributed by atoms with E-state index in [-0.39, 0.29) is 17.2 Å². The van der Waals surface area contributed by atoms with Gasteiger partial charge >= 0.3 is 0 Å². The zero-order chi connectivity index (χ0) is 14.9. The van der Waals surface area contributed by atoms with Crippen LogP contribution in [0.1, 0.15) is 32.3 Å². The highest BCUT2D eigenvalue weighted by atomic mass is 35.5. The predicted octanol–water partition coefficient (Wildman–Crippen LogP) is 3.31. The summed E-state index contributed by atoms with van der Waals surface area (Å²) >= 11 is 5.93. The van der Waals surface area contributed by atoms with Crippen LogP contribution in [-0.2, 0) is 4.79 Å². The summed E-state index contributed by atoms with van der Waals surface area (Å²) in [7, 11) is 1.51. The summed E-state index contributed by atoms with van der Waals surface area (Å²) in [6.07, 6.45) is 1.25. The van der Waals surface area contributed by atoms with E-state index in [1.165, 1.54) is 7.11 Å². The van der Waals surface area contributed by atoms with Crippen molar-refractivity contribution in [1.82, 2.24) is 5.32 Å². The van der Waals surface area contributed by atoms with Gasteiger partial charge in [0.05, 0.1) is 18.2 Å². The van der Waals surface area contributed by atoms with Crippen LogP contribution in [-0.4, -0.2) is 23.7 Å². The first kappa shape index (κ1) is 14.7. The third kappa shape index (κ3) is 2.14. The molecule has 108 valence electrons. The number of benzene rings is 1. The predicted molar refractivity (Wildman–Crippen MR) is 79.0 cm³/mol. The van der Waals surface area contributed by atoms with Gasteiger partial charge in [-0.1, -0.05) is 25.4 Å². The van der Waals surface area contributed by atoms with Crippen molar-refractivity contribution in [2.24, 2.45) is 0 Å². The number of hydrogen-bond donors (Lipinski definition) is 2. The summed E-state index contributed by atoms with van der Waals surface area (Å²) in [5.74, 6) is 0.261. The smallest absolute Gasteiger partial charge is 0.256 e. The number of aliphatic hydroxyl groups is 1. The van der Waals surface area contributed by atoms with E-state index in [2.05, 4.69) is 5.32 Å². The van der Waals surface area contributed by atoms with Gasteiger partial charge in [-0.25, -0.2) is 0 Å². The molecule has 0 aliphatic carbocycles. The van der Waals surface area contributed by atoms with Gasteiger partial charge in [0.25, 0.3) is 5.91 Å². The van der Waals surface area contributed by atoms with Crippen molar-refractivity contribution in [3.8, 4) is 5.75 Å². The van der Waals surface area contributed by atoms with E-state index in [0.29, 0.717) is 29.2 Å². The van der Waals surface area contributed by atoms with Crippen molar-refractivity contribution in [2.45, 2.75) is 32.2 Å². The quantitative estimate of drug-likeness (QED) is 0.896. The Morgan fingerprint density at radius 2 is 2.00 bits per heavy atom. The van der Waals surface area contributed by atoms with Gasteiger partial charge in [0.2, 0.25) is 0 Å². The number of carbonyl (C=O) groups is 1. The minimum absolute atomic E-state index is 0.0770. The Kier molecular flexibility index (Phi) is 3.95. The van der Waals surface area contributed by atoms with Crippen molar-refractivity contribution >= 4 is 23.1 Å². The number of halogens is 1. The number of aliphatic hydroxyl groups excluding tert-OH is 1. The Balaban J connectivity index is 2.62. The Hall–Kier alpha value is -1.68. The lowest BCUT2D eigenvalue weighted by molar-refractivity contribution is -0.116. The van der Waals surface area contributed by atoms with Gasteiger partial charge in [-0.15, -0.1) is 0 Å². The second kappa shape index (κ2) is 5.37. The van der Waals surface area contributed by atoms with Crippen molar-refractivity contribution in [3.05, 3.63) is 34.5 Å². The van der Waals surface area contributed by atoms with Crippen LogP contribution < -0.4 is 10.1 Å². The van der Waals surface area contributed by atoms with Gasteiger partial charge in [0.15, 0.2) is 0 Å². The molecule has 1 aromatic rings. The first-order valence-electron chi connectivity index (χ1n) is 6.59. The fraction of sp³-hybridized carbons (Fsp3) is 0.400. The van der Waals surface area contributed by atoms with E-state index in [1.54, 1.807) is 18.2 Å². The van der Waals surface area contributed by atoms with Crippen molar-refractivity contribution < 1.29 is 14.6 Å². The van der Waals surface area contributed by atoms with Gasteiger partial charge in [-0.3, -0.25) is 4.79 Å². The Morgan fingerprint density at radius 3 is 2.50 bits per heavy atom. The molecule has 1 aliphatic heterocycles. The summed E-state index contributed by atoms with van der Waals surface area (Å²) in [5.41, 5.74) is 0.134. The van der Waals surface area contributed by atoms with Gasteiger partial charge in [-0.2, -0.15) is 0 Å². The van der Waals surface area contributed by atoms with Gasteiger partial charge < -0.3 is 15.2 Å². The van der Waals surface area contributed by atoms with Crippen LogP contribution >= 0.6 is 11.6 Å². The van der Waals surface area contributed by atoms with Gasteiger partial charge in [0.1, 0.15) is 11.5 Å². The Morgan fingerprint density at radius 1 is 1.35 bits per heavy atom. The maximum Gasteiger partial charge on any atom is 0.256 e. The summed E-state index contributed by atoms with van der Waals surface area (Å²) < 4.78 is 5.26.